The Kier molecular flexibility index (Phi) is 3.14. The molecule has 0 saturated carbocycles. The van der Waals surface area contributed by atoms with Gasteiger partial charge in [-0.2, -0.15) is 9.78 Å². The number of aromatic nitrogens is 5. The van der Waals surface area contributed by atoms with Crippen molar-refractivity contribution in [2.45, 2.75) is 32.9 Å². The topological polar surface area (TPSA) is 68.5 Å². The van der Waals surface area contributed by atoms with Crippen molar-refractivity contribution in [2.75, 3.05) is 0 Å². The Labute approximate surface area is 100 Å². The third-order valence-electron chi connectivity index (χ3n) is 2.14. The SMILES string of the molecule is CC(C)(C)NCc1ncnn1-c1ncccn1. The van der Waals surface area contributed by atoms with Gasteiger partial charge >= 0.3 is 0 Å². The molecule has 0 unspecified atom stereocenters. The maximum absolute atomic E-state index is 4.20. The molecule has 90 valence electrons. The summed E-state index contributed by atoms with van der Waals surface area (Å²) in [5, 5.41) is 7.48. The first kappa shape index (κ1) is 11.7. The van der Waals surface area contributed by atoms with Crippen molar-refractivity contribution in [1.82, 2.24) is 30.0 Å². The Bertz CT molecular complexity index is 470. The molecule has 0 bridgehead atoms. The lowest BCUT2D eigenvalue weighted by Gasteiger charge is -2.19. The molecule has 0 fully saturated rings. The summed E-state index contributed by atoms with van der Waals surface area (Å²) in [7, 11) is 0. The maximum Gasteiger partial charge on any atom is 0.252 e. The van der Waals surface area contributed by atoms with Gasteiger partial charge in [0.1, 0.15) is 12.2 Å². The van der Waals surface area contributed by atoms with Gasteiger partial charge in [0.25, 0.3) is 5.95 Å². The van der Waals surface area contributed by atoms with Crippen LogP contribution in [0.5, 0.6) is 0 Å². The van der Waals surface area contributed by atoms with Crippen LogP contribution in [0.15, 0.2) is 24.8 Å². The van der Waals surface area contributed by atoms with Crippen LogP contribution in [0.2, 0.25) is 0 Å². The van der Waals surface area contributed by atoms with E-state index < -0.39 is 0 Å². The lowest BCUT2D eigenvalue weighted by atomic mass is 10.1. The van der Waals surface area contributed by atoms with Crippen LogP contribution in [0.4, 0.5) is 0 Å². The molecule has 17 heavy (non-hydrogen) atoms. The van der Waals surface area contributed by atoms with Crippen LogP contribution in [-0.2, 0) is 6.54 Å². The highest BCUT2D eigenvalue weighted by Gasteiger charge is 2.13. The Morgan fingerprint density at radius 3 is 2.53 bits per heavy atom. The highest BCUT2D eigenvalue weighted by atomic mass is 15.4. The van der Waals surface area contributed by atoms with Crippen LogP contribution >= 0.6 is 0 Å². The van der Waals surface area contributed by atoms with E-state index in [2.05, 4.69) is 46.1 Å². The Morgan fingerprint density at radius 2 is 1.88 bits per heavy atom. The van der Waals surface area contributed by atoms with E-state index in [-0.39, 0.29) is 5.54 Å². The van der Waals surface area contributed by atoms with Crippen molar-refractivity contribution >= 4 is 0 Å². The zero-order chi connectivity index (χ0) is 12.3. The third-order valence-corrected chi connectivity index (χ3v) is 2.14. The monoisotopic (exact) mass is 232 g/mol. The van der Waals surface area contributed by atoms with Crippen LogP contribution in [0.1, 0.15) is 26.6 Å². The van der Waals surface area contributed by atoms with Crippen molar-refractivity contribution in [3.05, 3.63) is 30.6 Å². The van der Waals surface area contributed by atoms with E-state index in [1.807, 2.05) is 0 Å². The molecule has 0 saturated heterocycles. The lowest BCUT2D eigenvalue weighted by Crippen LogP contribution is -2.36. The van der Waals surface area contributed by atoms with Crippen LogP contribution in [0, 0.1) is 0 Å². The van der Waals surface area contributed by atoms with Crippen LogP contribution in [0.3, 0.4) is 0 Å². The predicted molar refractivity (Wildman–Crippen MR) is 63.5 cm³/mol. The first-order valence-electron chi connectivity index (χ1n) is 5.47. The largest absolute Gasteiger partial charge is 0.305 e. The third kappa shape index (κ3) is 3.07. The maximum atomic E-state index is 4.20. The molecule has 6 heteroatoms. The number of nitrogens with zero attached hydrogens (tertiary/aromatic N) is 5. The molecular formula is C11H16N6. The predicted octanol–water partition coefficient (Wildman–Crippen LogP) is 0.945. The number of rotatable bonds is 3. The average molecular weight is 232 g/mol. The smallest absolute Gasteiger partial charge is 0.252 e. The van der Waals surface area contributed by atoms with Gasteiger partial charge in [-0.05, 0) is 26.8 Å². The normalized spacial score (nSPS) is 11.7. The molecule has 0 amide bonds. The summed E-state index contributed by atoms with van der Waals surface area (Å²) >= 11 is 0. The minimum absolute atomic E-state index is 0.0360. The lowest BCUT2D eigenvalue weighted by molar-refractivity contribution is 0.414. The Morgan fingerprint density at radius 1 is 1.18 bits per heavy atom. The molecule has 2 rings (SSSR count). The minimum atomic E-state index is 0.0360. The van der Waals surface area contributed by atoms with E-state index in [1.54, 1.807) is 23.1 Å². The quantitative estimate of drug-likeness (QED) is 0.853. The molecule has 2 aromatic rings. The highest BCUT2D eigenvalue weighted by Crippen LogP contribution is 2.04. The van der Waals surface area contributed by atoms with Crippen molar-refractivity contribution < 1.29 is 0 Å². The first-order chi connectivity index (χ1) is 8.06. The fraction of sp³-hybridized carbons (Fsp3) is 0.455. The summed E-state index contributed by atoms with van der Waals surface area (Å²) in [6.07, 6.45) is 4.88. The van der Waals surface area contributed by atoms with Crippen LogP contribution in [0.25, 0.3) is 5.95 Å². The van der Waals surface area contributed by atoms with Gasteiger partial charge in [-0.3, -0.25) is 0 Å². The van der Waals surface area contributed by atoms with Crippen molar-refractivity contribution in [3.63, 3.8) is 0 Å². The van der Waals surface area contributed by atoms with Gasteiger partial charge in [0, 0.05) is 17.9 Å². The molecule has 0 aromatic carbocycles. The standard InChI is InChI=1S/C11H16N6/c1-11(2,3)15-7-9-14-8-16-17(9)10-12-5-4-6-13-10/h4-6,8,15H,7H2,1-3H3. The summed E-state index contributed by atoms with van der Waals surface area (Å²) in [5.41, 5.74) is 0.0360. The fourth-order valence-electron chi connectivity index (χ4n) is 1.30. The Balaban J connectivity index is 2.18. The van der Waals surface area contributed by atoms with E-state index in [0.29, 0.717) is 12.5 Å². The second-order valence-corrected chi connectivity index (χ2v) is 4.74. The van der Waals surface area contributed by atoms with Crippen molar-refractivity contribution in [3.8, 4) is 5.95 Å². The molecule has 6 nitrogen and oxygen atoms in total. The molecule has 0 aliphatic rings. The highest BCUT2D eigenvalue weighted by molar-refractivity contribution is 5.10. The van der Waals surface area contributed by atoms with E-state index >= 15 is 0 Å². The molecule has 0 spiro atoms. The fourth-order valence-corrected chi connectivity index (χ4v) is 1.30. The van der Waals surface area contributed by atoms with Crippen molar-refractivity contribution in [1.29, 1.82) is 0 Å². The van der Waals surface area contributed by atoms with Gasteiger partial charge in [0.05, 0.1) is 6.54 Å². The molecule has 2 heterocycles. The number of nitrogens with one attached hydrogen (secondary N) is 1. The summed E-state index contributed by atoms with van der Waals surface area (Å²) in [6, 6.07) is 1.77. The zero-order valence-electron chi connectivity index (χ0n) is 10.3. The van der Waals surface area contributed by atoms with Gasteiger partial charge in [-0.25, -0.2) is 15.0 Å². The van der Waals surface area contributed by atoms with Gasteiger partial charge in [0.15, 0.2) is 0 Å². The zero-order valence-corrected chi connectivity index (χ0v) is 10.3. The summed E-state index contributed by atoms with van der Waals surface area (Å²) < 4.78 is 1.64. The van der Waals surface area contributed by atoms with Crippen molar-refractivity contribution in [2.24, 2.45) is 0 Å². The summed E-state index contributed by atoms with van der Waals surface area (Å²) in [6.45, 7) is 6.94. The molecule has 2 aromatic heterocycles. The molecule has 0 aliphatic carbocycles. The summed E-state index contributed by atoms with van der Waals surface area (Å²) in [4.78, 5) is 12.5. The molecule has 0 aliphatic heterocycles. The van der Waals surface area contributed by atoms with Gasteiger partial charge in [-0.15, -0.1) is 0 Å². The number of hydrogen-bond acceptors (Lipinski definition) is 5. The Hall–Kier alpha value is -1.82. The minimum Gasteiger partial charge on any atom is -0.305 e. The second kappa shape index (κ2) is 4.58. The summed E-state index contributed by atoms with van der Waals surface area (Å²) in [5.74, 6) is 1.34. The first-order valence-corrected chi connectivity index (χ1v) is 5.47. The molecule has 0 radical (unpaired) electrons. The van der Waals surface area contributed by atoms with Gasteiger partial charge in [0.2, 0.25) is 0 Å². The van der Waals surface area contributed by atoms with E-state index in [4.69, 9.17) is 0 Å². The van der Waals surface area contributed by atoms with Crippen LogP contribution in [-0.4, -0.2) is 30.3 Å². The molecule has 0 atom stereocenters. The van der Waals surface area contributed by atoms with Crippen LogP contribution < -0.4 is 5.32 Å². The second-order valence-electron chi connectivity index (χ2n) is 4.74. The van der Waals surface area contributed by atoms with Gasteiger partial charge < -0.3 is 5.32 Å². The average Bonchev–Trinajstić information content (AvgIpc) is 2.75. The number of hydrogen-bond donors (Lipinski definition) is 1. The van der Waals surface area contributed by atoms with E-state index in [0.717, 1.165) is 5.82 Å². The van der Waals surface area contributed by atoms with E-state index in [9.17, 15) is 0 Å². The molecular weight excluding hydrogens is 216 g/mol. The van der Waals surface area contributed by atoms with E-state index in [1.165, 1.54) is 6.33 Å². The van der Waals surface area contributed by atoms with Gasteiger partial charge in [-0.1, -0.05) is 0 Å². The molecule has 1 N–H and O–H groups in total.